The van der Waals surface area contributed by atoms with Crippen molar-refractivity contribution in [2.75, 3.05) is 0 Å². The van der Waals surface area contributed by atoms with Crippen LogP contribution in [0.5, 0.6) is 0 Å². The predicted octanol–water partition coefficient (Wildman–Crippen LogP) is 10.8. The van der Waals surface area contributed by atoms with Gasteiger partial charge in [0, 0.05) is 47.6 Å². The molecule has 9 rings (SSSR count). The first-order valence-electron chi connectivity index (χ1n) is 14.5. The molecule has 6 aromatic carbocycles. The van der Waals surface area contributed by atoms with Crippen LogP contribution in [-0.4, -0.2) is 15.0 Å². The van der Waals surface area contributed by atoms with Crippen LogP contribution >= 0.6 is 11.3 Å². The van der Waals surface area contributed by atoms with Gasteiger partial charge in [-0.3, -0.25) is 0 Å². The predicted molar refractivity (Wildman–Crippen MR) is 182 cm³/mol. The van der Waals surface area contributed by atoms with Crippen molar-refractivity contribution in [3.8, 4) is 45.3 Å². The van der Waals surface area contributed by atoms with Gasteiger partial charge in [0.2, 0.25) is 0 Å². The summed E-state index contributed by atoms with van der Waals surface area (Å²) in [6.07, 6.45) is 0. The van der Waals surface area contributed by atoms with Gasteiger partial charge in [0.15, 0.2) is 17.5 Å². The second kappa shape index (κ2) is 9.97. The molecule has 0 saturated carbocycles. The molecule has 0 radical (unpaired) electrons. The van der Waals surface area contributed by atoms with Gasteiger partial charge in [0.1, 0.15) is 11.2 Å². The molecule has 0 aliphatic rings. The summed E-state index contributed by atoms with van der Waals surface area (Å²) in [5.41, 5.74) is 6.89. The fourth-order valence-corrected chi connectivity index (χ4v) is 7.20. The molecule has 0 aliphatic carbocycles. The SMILES string of the molecule is c1ccc(-c2ccc(-c3nc(-c4ccc5oc6ccccc6c5c4)nc(-c4cccc5c4sc4ccccc45)n3)cc2)cc1. The smallest absolute Gasteiger partial charge is 0.165 e. The molecule has 0 bridgehead atoms. The highest BCUT2D eigenvalue weighted by molar-refractivity contribution is 7.26. The fourth-order valence-electron chi connectivity index (χ4n) is 5.99. The van der Waals surface area contributed by atoms with Crippen LogP contribution in [0.4, 0.5) is 0 Å². The Hall–Kier alpha value is -5.65. The van der Waals surface area contributed by atoms with Crippen LogP contribution in [-0.2, 0) is 0 Å². The Kier molecular flexibility index (Phi) is 5.64. The van der Waals surface area contributed by atoms with Gasteiger partial charge in [-0.15, -0.1) is 11.3 Å². The topological polar surface area (TPSA) is 51.8 Å². The molecule has 0 atom stereocenters. The number of furan rings is 1. The number of fused-ring (bicyclic) bond motifs is 6. The molecule has 0 aliphatic heterocycles. The van der Waals surface area contributed by atoms with Crippen molar-refractivity contribution in [1.29, 1.82) is 0 Å². The first-order valence-corrected chi connectivity index (χ1v) is 15.3. The molecule has 44 heavy (non-hydrogen) atoms. The molecule has 0 unspecified atom stereocenters. The number of thiophene rings is 1. The minimum atomic E-state index is 0.627. The Bertz CT molecular complexity index is 2490. The van der Waals surface area contributed by atoms with Crippen molar-refractivity contribution in [3.05, 3.63) is 140 Å². The van der Waals surface area contributed by atoms with E-state index in [1.165, 1.54) is 25.7 Å². The average Bonchev–Trinajstić information content (AvgIpc) is 3.67. The normalized spacial score (nSPS) is 11.6. The largest absolute Gasteiger partial charge is 0.456 e. The molecule has 0 N–H and O–H groups in total. The van der Waals surface area contributed by atoms with Crippen LogP contribution in [0.1, 0.15) is 0 Å². The Morgan fingerprint density at radius 1 is 0.409 bits per heavy atom. The lowest BCUT2D eigenvalue weighted by Gasteiger charge is -2.10. The van der Waals surface area contributed by atoms with Gasteiger partial charge in [-0.1, -0.05) is 103 Å². The molecule has 0 spiro atoms. The molecule has 9 aromatic rings. The zero-order valence-corrected chi connectivity index (χ0v) is 24.3. The minimum absolute atomic E-state index is 0.627. The van der Waals surface area contributed by atoms with Crippen LogP contribution in [0.15, 0.2) is 144 Å². The number of hydrogen-bond donors (Lipinski definition) is 0. The molecular weight excluding hydrogens is 559 g/mol. The van der Waals surface area contributed by atoms with E-state index in [-0.39, 0.29) is 0 Å². The van der Waals surface area contributed by atoms with Gasteiger partial charge in [-0.2, -0.15) is 0 Å². The lowest BCUT2D eigenvalue weighted by atomic mass is 10.0. The standard InChI is InChI=1S/C39H23N3OS/c1-2-9-24(10-3-1)25-17-19-26(20-18-25)37-40-38(27-21-22-34-32(23-27)28-11-4-6-15-33(28)43-34)42-39(41-37)31-14-8-13-30-29-12-5-7-16-35(29)44-36(30)31/h1-23H. The average molecular weight is 582 g/mol. The van der Waals surface area contributed by atoms with Crippen LogP contribution < -0.4 is 0 Å². The van der Waals surface area contributed by atoms with Gasteiger partial charge in [-0.25, -0.2) is 15.0 Å². The molecule has 4 nitrogen and oxygen atoms in total. The minimum Gasteiger partial charge on any atom is -0.456 e. The van der Waals surface area contributed by atoms with Crippen molar-refractivity contribution in [2.24, 2.45) is 0 Å². The number of hydrogen-bond acceptors (Lipinski definition) is 5. The van der Waals surface area contributed by atoms with E-state index < -0.39 is 0 Å². The molecule has 3 heterocycles. The fraction of sp³-hybridized carbons (Fsp3) is 0. The Morgan fingerprint density at radius 2 is 1.02 bits per heavy atom. The Labute approximate surface area is 256 Å². The summed E-state index contributed by atoms with van der Waals surface area (Å²) in [5, 5.41) is 4.58. The van der Waals surface area contributed by atoms with Gasteiger partial charge >= 0.3 is 0 Å². The van der Waals surface area contributed by atoms with E-state index >= 15 is 0 Å². The van der Waals surface area contributed by atoms with E-state index in [9.17, 15) is 0 Å². The van der Waals surface area contributed by atoms with Crippen molar-refractivity contribution >= 4 is 53.4 Å². The van der Waals surface area contributed by atoms with E-state index in [1.807, 2.05) is 36.4 Å². The van der Waals surface area contributed by atoms with E-state index in [4.69, 9.17) is 19.4 Å². The monoisotopic (exact) mass is 581 g/mol. The zero-order chi connectivity index (χ0) is 29.0. The van der Waals surface area contributed by atoms with Crippen LogP contribution in [0.25, 0.3) is 87.4 Å². The summed E-state index contributed by atoms with van der Waals surface area (Å²) in [4.78, 5) is 15.2. The third-order valence-corrected chi connectivity index (χ3v) is 9.39. The zero-order valence-electron chi connectivity index (χ0n) is 23.4. The highest BCUT2D eigenvalue weighted by Gasteiger charge is 2.17. The second-order valence-corrected chi connectivity index (χ2v) is 11.9. The Balaban J connectivity index is 1.25. The number of aromatic nitrogens is 3. The van der Waals surface area contributed by atoms with E-state index in [0.29, 0.717) is 17.5 Å². The molecule has 0 saturated heterocycles. The van der Waals surface area contributed by atoms with Crippen LogP contribution in [0, 0.1) is 0 Å². The number of benzene rings is 6. The first-order chi connectivity index (χ1) is 21.8. The van der Waals surface area contributed by atoms with E-state index in [1.54, 1.807) is 11.3 Å². The van der Waals surface area contributed by atoms with E-state index in [0.717, 1.165) is 44.2 Å². The highest BCUT2D eigenvalue weighted by Crippen LogP contribution is 2.40. The summed E-state index contributed by atoms with van der Waals surface area (Å²) in [5.74, 6) is 1.92. The maximum atomic E-state index is 6.10. The lowest BCUT2D eigenvalue weighted by molar-refractivity contribution is 0.669. The molecule has 206 valence electrons. The Morgan fingerprint density at radius 3 is 1.89 bits per heavy atom. The van der Waals surface area contributed by atoms with Gasteiger partial charge in [-0.05, 0) is 47.5 Å². The molecule has 0 amide bonds. The number of rotatable bonds is 4. The summed E-state index contributed by atoms with van der Waals surface area (Å²) in [7, 11) is 0. The first kappa shape index (κ1) is 24.9. The molecular formula is C39H23N3OS. The van der Waals surface area contributed by atoms with Crippen molar-refractivity contribution in [3.63, 3.8) is 0 Å². The number of para-hydroxylation sites is 1. The molecule has 0 fully saturated rings. The van der Waals surface area contributed by atoms with E-state index in [2.05, 4.69) is 103 Å². The van der Waals surface area contributed by atoms with Gasteiger partial charge in [0.25, 0.3) is 0 Å². The third kappa shape index (κ3) is 4.09. The maximum absolute atomic E-state index is 6.10. The quantitative estimate of drug-likeness (QED) is 0.207. The van der Waals surface area contributed by atoms with Crippen molar-refractivity contribution in [2.45, 2.75) is 0 Å². The summed E-state index contributed by atoms with van der Waals surface area (Å²) in [6, 6.07) is 48.1. The highest BCUT2D eigenvalue weighted by atomic mass is 32.1. The number of nitrogens with zero attached hydrogens (tertiary/aromatic N) is 3. The summed E-state index contributed by atoms with van der Waals surface area (Å²) in [6.45, 7) is 0. The molecule has 3 aromatic heterocycles. The summed E-state index contributed by atoms with van der Waals surface area (Å²) >= 11 is 1.78. The third-order valence-electron chi connectivity index (χ3n) is 8.17. The van der Waals surface area contributed by atoms with Gasteiger partial charge in [0.05, 0.1) is 0 Å². The van der Waals surface area contributed by atoms with Crippen molar-refractivity contribution in [1.82, 2.24) is 15.0 Å². The lowest BCUT2D eigenvalue weighted by Crippen LogP contribution is -2.00. The van der Waals surface area contributed by atoms with Crippen LogP contribution in [0.3, 0.4) is 0 Å². The van der Waals surface area contributed by atoms with Gasteiger partial charge < -0.3 is 4.42 Å². The second-order valence-electron chi connectivity index (χ2n) is 10.8. The van der Waals surface area contributed by atoms with Crippen LogP contribution in [0.2, 0.25) is 0 Å². The van der Waals surface area contributed by atoms with Crippen molar-refractivity contribution < 1.29 is 4.42 Å². The maximum Gasteiger partial charge on any atom is 0.165 e. The molecule has 5 heteroatoms. The summed E-state index contributed by atoms with van der Waals surface area (Å²) < 4.78 is 8.52.